The number of rotatable bonds is 6. The second kappa shape index (κ2) is 5.78. The van der Waals surface area contributed by atoms with Crippen molar-refractivity contribution in [3.05, 3.63) is 18.2 Å². The molecule has 1 heterocycles. The average Bonchev–Trinajstić information content (AvgIpc) is 2.78. The fourth-order valence-electron chi connectivity index (χ4n) is 1.16. The molecular formula is C9H15N3O4S. The highest BCUT2D eigenvalue weighted by molar-refractivity contribution is 7.89. The topological polar surface area (TPSA) is 92.4 Å². The van der Waals surface area contributed by atoms with Crippen molar-refractivity contribution in [3.63, 3.8) is 0 Å². The van der Waals surface area contributed by atoms with Crippen molar-refractivity contribution < 1.29 is 17.9 Å². The molecule has 1 rings (SSSR count). The molecule has 96 valence electrons. The molecule has 0 saturated heterocycles. The van der Waals surface area contributed by atoms with Crippen LogP contribution in [-0.2, 0) is 26.1 Å². The van der Waals surface area contributed by atoms with Gasteiger partial charge in [-0.05, 0) is 0 Å². The Labute approximate surface area is 99.8 Å². The fraction of sp³-hybridized carbons (Fsp3) is 0.556. The molecule has 0 bridgehead atoms. The minimum atomic E-state index is -3.47. The molecule has 0 fully saturated rings. The number of aromatic nitrogens is 2. The van der Waals surface area contributed by atoms with E-state index in [0.717, 1.165) is 4.31 Å². The molecule has 0 radical (unpaired) electrons. The molecule has 1 aromatic heterocycles. The lowest BCUT2D eigenvalue weighted by Crippen LogP contribution is -2.30. The average molecular weight is 261 g/mol. The summed E-state index contributed by atoms with van der Waals surface area (Å²) in [5.74, 6) is -0.259. The number of nitrogens with one attached hydrogen (secondary N) is 1. The van der Waals surface area contributed by atoms with E-state index in [-0.39, 0.29) is 18.7 Å². The van der Waals surface area contributed by atoms with Crippen molar-refractivity contribution in [3.8, 4) is 0 Å². The zero-order chi connectivity index (χ0) is 12.9. The summed E-state index contributed by atoms with van der Waals surface area (Å²) in [6.45, 7) is 0.149. The van der Waals surface area contributed by atoms with Gasteiger partial charge in [0.2, 0.25) is 10.0 Å². The van der Waals surface area contributed by atoms with Crippen LogP contribution < -0.4 is 0 Å². The van der Waals surface area contributed by atoms with Gasteiger partial charge in [-0.1, -0.05) is 0 Å². The molecular weight excluding hydrogens is 246 g/mol. The van der Waals surface area contributed by atoms with Gasteiger partial charge in [-0.2, -0.15) is 4.31 Å². The number of sulfonamides is 1. The van der Waals surface area contributed by atoms with Crippen LogP contribution in [0.1, 0.15) is 12.2 Å². The number of esters is 1. The summed E-state index contributed by atoms with van der Waals surface area (Å²) >= 11 is 0. The van der Waals surface area contributed by atoms with Crippen LogP contribution in [0.25, 0.3) is 0 Å². The number of methoxy groups -OCH3 is 1. The van der Waals surface area contributed by atoms with Crippen LogP contribution in [-0.4, -0.2) is 48.6 Å². The largest absolute Gasteiger partial charge is 0.469 e. The first-order valence-corrected chi connectivity index (χ1v) is 6.55. The van der Waals surface area contributed by atoms with E-state index in [0.29, 0.717) is 5.82 Å². The summed E-state index contributed by atoms with van der Waals surface area (Å²) in [4.78, 5) is 17.6. The van der Waals surface area contributed by atoms with Gasteiger partial charge in [0.15, 0.2) is 0 Å². The molecule has 1 aromatic rings. The standard InChI is InChI=1S/C9H15N3O4S/c1-12(7-8-10-4-5-11-8)17(14,15)6-3-9(13)16-2/h4-5H,3,6-7H2,1-2H3,(H,10,11). The third-order valence-electron chi connectivity index (χ3n) is 2.19. The van der Waals surface area contributed by atoms with E-state index in [9.17, 15) is 13.2 Å². The summed E-state index contributed by atoms with van der Waals surface area (Å²) in [7, 11) is -0.806. The first-order valence-electron chi connectivity index (χ1n) is 4.95. The van der Waals surface area contributed by atoms with Crippen molar-refractivity contribution in [2.45, 2.75) is 13.0 Å². The van der Waals surface area contributed by atoms with E-state index >= 15 is 0 Å². The monoisotopic (exact) mass is 261 g/mol. The Bertz CT molecular complexity index is 455. The number of aromatic amines is 1. The molecule has 0 aliphatic heterocycles. The zero-order valence-electron chi connectivity index (χ0n) is 9.71. The van der Waals surface area contributed by atoms with Gasteiger partial charge < -0.3 is 9.72 Å². The lowest BCUT2D eigenvalue weighted by Gasteiger charge is -2.15. The summed E-state index contributed by atoms with van der Waals surface area (Å²) < 4.78 is 29.0. The predicted octanol–water partition coefficient (Wildman–Crippen LogP) is -0.266. The summed E-state index contributed by atoms with van der Waals surface area (Å²) in [6.07, 6.45) is 3.01. The number of ether oxygens (including phenoxy) is 1. The molecule has 8 heteroatoms. The maximum absolute atomic E-state index is 11.8. The molecule has 7 nitrogen and oxygen atoms in total. The summed E-state index contributed by atoms with van der Waals surface area (Å²) in [5, 5.41) is 0. The van der Waals surface area contributed by atoms with Gasteiger partial charge in [-0.15, -0.1) is 0 Å². The Kier molecular flexibility index (Phi) is 4.64. The molecule has 0 aromatic carbocycles. The van der Waals surface area contributed by atoms with Gasteiger partial charge in [0.1, 0.15) is 5.82 Å². The maximum atomic E-state index is 11.8. The van der Waals surface area contributed by atoms with Gasteiger partial charge in [0.05, 0.1) is 25.8 Å². The molecule has 0 aliphatic carbocycles. The van der Waals surface area contributed by atoms with Crippen molar-refractivity contribution in [2.75, 3.05) is 19.9 Å². The first kappa shape index (κ1) is 13.7. The van der Waals surface area contributed by atoms with E-state index < -0.39 is 16.0 Å². The van der Waals surface area contributed by atoms with Crippen LogP contribution in [0, 0.1) is 0 Å². The van der Waals surface area contributed by atoms with Gasteiger partial charge in [-0.25, -0.2) is 13.4 Å². The quantitative estimate of drug-likeness (QED) is 0.712. The maximum Gasteiger partial charge on any atom is 0.306 e. The van der Waals surface area contributed by atoms with Crippen LogP contribution >= 0.6 is 0 Å². The minimum Gasteiger partial charge on any atom is -0.469 e. The van der Waals surface area contributed by atoms with E-state index in [1.807, 2.05) is 0 Å². The van der Waals surface area contributed by atoms with Crippen LogP contribution in [0.4, 0.5) is 0 Å². The Morgan fingerprint density at radius 2 is 2.29 bits per heavy atom. The highest BCUT2D eigenvalue weighted by atomic mass is 32.2. The van der Waals surface area contributed by atoms with Crippen LogP contribution in [0.3, 0.4) is 0 Å². The number of hydrogen-bond acceptors (Lipinski definition) is 5. The number of carbonyl (C=O) groups excluding carboxylic acids is 1. The third kappa shape index (κ3) is 4.16. The Hall–Kier alpha value is -1.41. The van der Waals surface area contributed by atoms with Crippen LogP contribution in [0.2, 0.25) is 0 Å². The molecule has 0 unspecified atom stereocenters. The van der Waals surface area contributed by atoms with Crippen molar-refractivity contribution in [2.24, 2.45) is 0 Å². The number of carbonyl (C=O) groups is 1. The third-order valence-corrected chi connectivity index (χ3v) is 3.99. The minimum absolute atomic E-state index is 0.149. The zero-order valence-corrected chi connectivity index (χ0v) is 10.5. The number of hydrogen-bond donors (Lipinski definition) is 1. The number of nitrogens with zero attached hydrogens (tertiary/aromatic N) is 2. The van der Waals surface area contributed by atoms with E-state index in [2.05, 4.69) is 14.7 Å². The van der Waals surface area contributed by atoms with Gasteiger partial charge in [0, 0.05) is 19.4 Å². The van der Waals surface area contributed by atoms with Crippen molar-refractivity contribution >= 4 is 16.0 Å². The SMILES string of the molecule is COC(=O)CCS(=O)(=O)N(C)Cc1ncc[nH]1. The molecule has 0 saturated carbocycles. The Morgan fingerprint density at radius 3 is 2.82 bits per heavy atom. The van der Waals surface area contributed by atoms with Gasteiger partial charge in [0.25, 0.3) is 0 Å². The van der Waals surface area contributed by atoms with E-state index in [1.165, 1.54) is 14.2 Å². The normalized spacial score (nSPS) is 11.7. The number of H-pyrrole nitrogens is 1. The van der Waals surface area contributed by atoms with Crippen LogP contribution in [0.5, 0.6) is 0 Å². The van der Waals surface area contributed by atoms with Crippen molar-refractivity contribution in [1.29, 1.82) is 0 Å². The molecule has 17 heavy (non-hydrogen) atoms. The van der Waals surface area contributed by atoms with E-state index in [4.69, 9.17) is 0 Å². The van der Waals surface area contributed by atoms with Crippen LogP contribution in [0.15, 0.2) is 12.4 Å². The lowest BCUT2D eigenvalue weighted by atomic mass is 10.5. The Morgan fingerprint density at radius 1 is 1.59 bits per heavy atom. The number of imidazole rings is 1. The van der Waals surface area contributed by atoms with E-state index in [1.54, 1.807) is 12.4 Å². The molecule has 0 spiro atoms. The molecule has 1 N–H and O–H groups in total. The second-order valence-electron chi connectivity index (χ2n) is 3.43. The van der Waals surface area contributed by atoms with Gasteiger partial charge >= 0.3 is 5.97 Å². The highest BCUT2D eigenvalue weighted by Crippen LogP contribution is 2.05. The Balaban J connectivity index is 2.54. The highest BCUT2D eigenvalue weighted by Gasteiger charge is 2.20. The molecule has 0 atom stereocenters. The molecule has 0 amide bonds. The smallest absolute Gasteiger partial charge is 0.306 e. The van der Waals surface area contributed by atoms with Gasteiger partial charge in [-0.3, -0.25) is 4.79 Å². The summed E-state index contributed by atoms with van der Waals surface area (Å²) in [5.41, 5.74) is 0. The second-order valence-corrected chi connectivity index (χ2v) is 5.63. The lowest BCUT2D eigenvalue weighted by molar-refractivity contribution is -0.140. The fourth-order valence-corrected chi connectivity index (χ4v) is 2.22. The molecule has 0 aliphatic rings. The first-order chi connectivity index (χ1) is 7.95. The summed E-state index contributed by atoms with van der Waals surface area (Å²) in [6, 6.07) is 0. The van der Waals surface area contributed by atoms with Crippen molar-refractivity contribution in [1.82, 2.24) is 14.3 Å². The predicted molar refractivity (Wildman–Crippen MR) is 60.5 cm³/mol.